The van der Waals surface area contributed by atoms with Crippen molar-refractivity contribution in [1.82, 2.24) is 4.90 Å². The molecule has 0 bridgehead atoms. The van der Waals surface area contributed by atoms with E-state index in [1.54, 1.807) is 4.90 Å². The molecule has 3 N–H and O–H groups in total. The summed E-state index contributed by atoms with van der Waals surface area (Å²) in [6.45, 7) is 6.27. The predicted molar refractivity (Wildman–Crippen MR) is 69.0 cm³/mol. The lowest BCUT2D eigenvalue weighted by molar-refractivity contribution is -0.147. The maximum atomic E-state index is 12.1. The fraction of sp³-hybridized carbons (Fsp3) is 0.846. The SMILES string of the molecule is CC1CC(C(=O)O)CCN1C(=O)CCC(C)(C)N. The van der Waals surface area contributed by atoms with E-state index in [4.69, 9.17) is 10.8 Å². The average Bonchev–Trinajstić information content (AvgIpc) is 2.24. The highest BCUT2D eigenvalue weighted by atomic mass is 16.4. The number of aliphatic carboxylic acids is 1. The molecular weight excluding hydrogens is 232 g/mol. The van der Waals surface area contributed by atoms with Gasteiger partial charge in [0, 0.05) is 24.5 Å². The fourth-order valence-corrected chi connectivity index (χ4v) is 2.34. The van der Waals surface area contributed by atoms with Crippen molar-refractivity contribution in [2.75, 3.05) is 6.54 Å². The zero-order valence-corrected chi connectivity index (χ0v) is 11.5. The van der Waals surface area contributed by atoms with Crippen LogP contribution in [0.4, 0.5) is 0 Å². The maximum absolute atomic E-state index is 12.1. The van der Waals surface area contributed by atoms with E-state index in [2.05, 4.69) is 0 Å². The molecule has 1 saturated heterocycles. The third-order valence-corrected chi connectivity index (χ3v) is 3.53. The van der Waals surface area contributed by atoms with E-state index >= 15 is 0 Å². The van der Waals surface area contributed by atoms with Crippen LogP contribution in [0.5, 0.6) is 0 Å². The smallest absolute Gasteiger partial charge is 0.306 e. The molecule has 0 aromatic carbocycles. The molecule has 18 heavy (non-hydrogen) atoms. The van der Waals surface area contributed by atoms with Gasteiger partial charge in [-0.2, -0.15) is 0 Å². The van der Waals surface area contributed by atoms with Crippen LogP contribution < -0.4 is 5.73 Å². The summed E-state index contributed by atoms with van der Waals surface area (Å²) in [5, 5.41) is 8.97. The molecule has 1 fully saturated rings. The number of nitrogens with zero attached hydrogens (tertiary/aromatic N) is 1. The standard InChI is InChI=1S/C13H24N2O3/c1-9-8-10(12(17)18)5-7-15(9)11(16)4-6-13(2,3)14/h9-10H,4-8,14H2,1-3H3,(H,17,18). The Morgan fingerprint density at radius 3 is 2.50 bits per heavy atom. The predicted octanol–water partition coefficient (Wildman–Crippen LogP) is 1.22. The van der Waals surface area contributed by atoms with Gasteiger partial charge in [0.15, 0.2) is 0 Å². The van der Waals surface area contributed by atoms with E-state index in [1.807, 2.05) is 20.8 Å². The van der Waals surface area contributed by atoms with Crippen LogP contribution in [0.25, 0.3) is 0 Å². The molecule has 5 nitrogen and oxygen atoms in total. The third kappa shape index (κ3) is 4.29. The summed E-state index contributed by atoms with van der Waals surface area (Å²) in [6.07, 6.45) is 2.19. The Morgan fingerprint density at radius 2 is 2.06 bits per heavy atom. The van der Waals surface area contributed by atoms with E-state index in [0.29, 0.717) is 32.2 Å². The minimum absolute atomic E-state index is 0.00763. The molecule has 0 aromatic rings. The lowest BCUT2D eigenvalue weighted by Crippen LogP contribution is -2.46. The van der Waals surface area contributed by atoms with E-state index in [1.165, 1.54) is 0 Å². The number of hydrogen-bond donors (Lipinski definition) is 2. The first kappa shape index (κ1) is 15.0. The molecule has 2 atom stereocenters. The molecule has 0 aliphatic carbocycles. The lowest BCUT2D eigenvalue weighted by Gasteiger charge is -2.36. The number of likely N-dealkylation sites (tertiary alicyclic amines) is 1. The van der Waals surface area contributed by atoms with Gasteiger partial charge in [-0.1, -0.05) is 0 Å². The molecule has 0 spiro atoms. The third-order valence-electron chi connectivity index (χ3n) is 3.53. The van der Waals surface area contributed by atoms with Gasteiger partial charge in [-0.25, -0.2) is 0 Å². The number of hydrogen-bond acceptors (Lipinski definition) is 3. The Balaban J connectivity index is 2.48. The zero-order valence-electron chi connectivity index (χ0n) is 11.5. The van der Waals surface area contributed by atoms with Crippen LogP contribution in [0.1, 0.15) is 46.5 Å². The first-order valence-electron chi connectivity index (χ1n) is 6.52. The molecule has 1 rings (SSSR count). The summed E-state index contributed by atoms with van der Waals surface area (Å²) in [5.74, 6) is -0.975. The normalized spacial score (nSPS) is 25.0. The first-order chi connectivity index (χ1) is 8.20. The van der Waals surface area contributed by atoms with Crippen LogP contribution in [-0.4, -0.2) is 40.0 Å². The van der Waals surface area contributed by atoms with Crippen LogP contribution >= 0.6 is 0 Å². The first-order valence-corrected chi connectivity index (χ1v) is 6.52. The molecule has 2 unspecified atom stereocenters. The van der Waals surface area contributed by atoms with Gasteiger partial charge in [0.25, 0.3) is 0 Å². The minimum atomic E-state index is -0.753. The fourth-order valence-electron chi connectivity index (χ4n) is 2.34. The minimum Gasteiger partial charge on any atom is -0.481 e. The average molecular weight is 256 g/mol. The Kier molecular flexibility index (Phi) is 4.73. The number of rotatable bonds is 4. The van der Waals surface area contributed by atoms with Gasteiger partial charge in [0.05, 0.1) is 5.92 Å². The van der Waals surface area contributed by atoms with Gasteiger partial charge >= 0.3 is 5.97 Å². The zero-order chi connectivity index (χ0) is 13.9. The highest BCUT2D eigenvalue weighted by molar-refractivity contribution is 5.77. The van der Waals surface area contributed by atoms with Crippen molar-refractivity contribution in [3.05, 3.63) is 0 Å². The van der Waals surface area contributed by atoms with Crippen molar-refractivity contribution in [2.24, 2.45) is 11.7 Å². The lowest BCUT2D eigenvalue weighted by atomic mass is 9.91. The molecule has 104 valence electrons. The summed E-state index contributed by atoms with van der Waals surface area (Å²) >= 11 is 0. The highest BCUT2D eigenvalue weighted by Crippen LogP contribution is 2.24. The molecule has 5 heteroatoms. The number of carboxylic acid groups (broad SMARTS) is 1. The van der Waals surface area contributed by atoms with Gasteiger partial charge in [-0.05, 0) is 40.0 Å². The summed E-state index contributed by atoms with van der Waals surface area (Å²) in [4.78, 5) is 24.8. The molecule has 1 aliphatic heterocycles. The number of carbonyl (C=O) groups excluding carboxylic acids is 1. The van der Waals surface area contributed by atoms with Gasteiger partial charge in [0.2, 0.25) is 5.91 Å². The second-order valence-electron chi connectivity index (χ2n) is 5.98. The summed E-state index contributed by atoms with van der Waals surface area (Å²) in [5.41, 5.74) is 5.53. The van der Waals surface area contributed by atoms with E-state index < -0.39 is 5.97 Å². The topological polar surface area (TPSA) is 83.6 Å². The number of nitrogens with two attached hydrogens (primary N) is 1. The number of piperidine rings is 1. The second kappa shape index (κ2) is 5.69. The Morgan fingerprint density at radius 1 is 1.44 bits per heavy atom. The molecular formula is C13H24N2O3. The van der Waals surface area contributed by atoms with Crippen LogP contribution in [-0.2, 0) is 9.59 Å². The van der Waals surface area contributed by atoms with E-state index in [-0.39, 0.29) is 23.4 Å². The summed E-state index contributed by atoms with van der Waals surface area (Å²) < 4.78 is 0. The largest absolute Gasteiger partial charge is 0.481 e. The number of carbonyl (C=O) groups is 2. The van der Waals surface area contributed by atoms with Crippen LogP contribution in [0, 0.1) is 5.92 Å². The van der Waals surface area contributed by atoms with Crippen LogP contribution in [0.2, 0.25) is 0 Å². The van der Waals surface area contributed by atoms with Crippen molar-refractivity contribution >= 4 is 11.9 Å². The van der Waals surface area contributed by atoms with Crippen molar-refractivity contribution < 1.29 is 14.7 Å². The van der Waals surface area contributed by atoms with Gasteiger partial charge in [-0.15, -0.1) is 0 Å². The van der Waals surface area contributed by atoms with Crippen molar-refractivity contribution in [2.45, 2.75) is 58.0 Å². The molecule has 0 saturated carbocycles. The van der Waals surface area contributed by atoms with Crippen molar-refractivity contribution in [1.29, 1.82) is 0 Å². The van der Waals surface area contributed by atoms with E-state index in [9.17, 15) is 9.59 Å². The van der Waals surface area contributed by atoms with Gasteiger partial charge < -0.3 is 15.7 Å². The Labute approximate surface area is 108 Å². The Bertz CT molecular complexity index is 323. The second-order valence-corrected chi connectivity index (χ2v) is 5.98. The summed E-state index contributed by atoms with van der Waals surface area (Å²) in [6, 6.07) is 0.00763. The van der Waals surface area contributed by atoms with Crippen molar-refractivity contribution in [3.8, 4) is 0 Å². The van der Waals surface area contributed by atoms with E-state index in [0.717, 1.165) is 0 Å². The molecule has 1 heterocycles. The molecule has 0 radical (unpaired) electrons. The van der Waals surface area contributed by atoms with Gasteiger partial charge in [0.1, 0.15) is 0 Å². The van der Waals surface area contributed by atoms with Gasteiger partial charge in [-0.3, -0.25) is 9.59 Å². The van der Waals surface area contributed by atoms with Crippen LogP contribution in [0.15, 0.2) is 0 Å². The van der Waals surface area contributed by atoms with Crippen LogP contribution in [0.3, 0.4) is 0 Å². The van der Waals surface area contributed by atoms with Crippen molar-refractivity contribution in [3.63, 3.8) is 0 Å². The molecule has 0 aromatic heterocycles. The number of amides is 1. The maximum Gasteiger partial charge on any atom is 0.306 e. The number of carboxylic acids is 1. The quantitative estimate of drug-likeness (QED) is 0.792. The highest BCUT2D eigenvalue weighted by Gasteiger charge is 2.32. The summed E-state index contributed by atoms with van der Waals surface area (Å²) in [7, 11) is 0. The Hall–Kier alpha value is -1.10. The molecule has 1 aliphatic rings. The monoisotopic (exact) mass is 256 g/mol. The molecule has 1 amide bonds.